The van der Waals surface area contributed by atoms with E-state index in [1.165, 1.54) is 0 Å². The van der Waals surface area contributed by atoms with E-state index in [9.17, 15) is 19.5 Å². The largest absolute Gasteiger partial charge is 0.481 e. The number of aliphatic carboxylic acids is 1. The van der Waals surface area contributed by atoms with E-state index in [-0.39, 0.29) is 25.7 Å². The lowest BCUT2D eigenvalue weighted by Crippen LogP contribution is -2.55. The summed E-state index contributed by atoms with van der Waals surface area (Å²) in [4.78, 5) is 37.4. The Bertz CT molecular complexity index is 1060. The normalized spacial score (nSPS) is 21.6. The molecule has 1 aliphatic carbocycles. The van der Waals surface area contributed by atoms with Gasteiger partial charge in [0.15, 0.2) is 0 Å². The summed E-state index contributed by atoms with van der Waals surface area (Å²) in [6.45, 7) is 1.81. The number of fused-ring (bicyclic) bond motifs is 3. The molecule has 0 aromatic heterocycles. The fraction of sp³-hybridized carbons (Fsp3) is 0.423. The molecule has 8 nitrogen and oxygen atoms in total. The zero-order chi connectivity index (χ0) is 25.0. The molecule has 1 saturated heterocycles. The molecule has 9 heteroatoms. The van der Waals surface area contributed by atoms with Crippen molar-refractivity contribution < 1.29 is 29.0 Å². The molecule has 0 bridgehead atoms. The van der Waals surface area contributed by atoms with Crippen LogP contribution in [0.1, 0.15) is 30.4 Å². The maximum absolute atomic E-state index is 13.0. The number of benzene rings is 2. The predicted molar refractivity (Wildman–Crippen MR) is 133 cm³/mol. The number of ether oxygens (including phenoxy) is 2. The van der Waals surface area contributed by atoms with Crippen molar-refractivity contribution in [3.05, 3.63) is 59.7 Å². The number of alkyl carbamates (subject to hydrolysis) is 1. The highest BCUT2D eigenvalue weighted by Gasteiger charge is 2.47. The van der Waals surface area contributed by atoms with Crippen LogP contribution < -0.4 is 10.6 Å². The second-order valence-electron chi connectivity index (χ2n) is 9.10. The van der Waals surface area contributed by atoms with E-state index in [0.717, 1.165) is 22.3 Å². The molecule has 186 valence electrons. The van der Waals surface area contributed by atoms with Gasteiger partial charge in [-0.25, -0.2) is 4.79 Å². The number of rotatable bonds is 9. The Morgan fingerprint density at radius 1 is 1.14 bits per heavy atom. The molecular weight excluding hydrogens is 468 g/mol. The zero-order valence-corrected chi connectivity index (χ0v) is 20.6. The lowest BCUT2D eigenvalue weighted by Gasteiger charge is -2.27. The van der Waals surface area contributed by atoms with Crippen molar-refractivity contribution >= 4 is 29.7 Å². The van der Waals surface area contributed by atoms with E-state index in [2.05, 4.69) is 22.8 Å². The van der Waals surface area contributed by atoms with Crippen molar-refractivity contribution in [3.8, 4) is 11.1 Å². The number of thioether (sulfide) groups is 1. The third-order valence-corrected chi connectivity index (χ3v) is 7.47. The molecule has 3 N–H and O–H groups in total. The Labute approximate surface area is 208 Å². The SMILES string of the molecule is CSCCC(NC(=O)OCC1c2ccccc2-c2ccccc21)C(=O)NC1COCC1(C)C(=O)O. The summed E-state index contributed by atoms with van der Waals surface area (Å²) in [5.41, 5.74) is 3.26. The average molecular weight is 499 g/mol. The van der Waals surface area contributed by atoms with Gasteiger partial charge in [0.2, 0.25) is 5.91 Å². The summed E-state index contributed by atoms with van der Waals surface area (Å²) < 4.78 is 10.9. The van der Waals surface area contributed by atoms with Crippen LogP contribution in [0.5, 0.6) is 0 Å². The van der Waals surface area contributed by atoms with E-state index < -0.39 is 35.5 Å². The van der Waals surface area contributed by atoms with Gasteiger partial charge < -0.3 is 25.2 Å². The molecule has 0 spiro atoms. The number of carboxylic acid groups (broad SMARTS) is 1. The standard InChI is InChI=1S/C26H30N2O6S/c1-26(24(30)31)15-33-14-22(26)28-23(29)21(11-12-35-2)27-25(32)34-13-20-18-9-5-3-7-16(18)17-8-4-6-10-19(17)20/h3-10,20-22H,11-15H2,1-2H3,(H,27,32)(H,28,29)(H,30,31). The molecule has 4 rings (SSSR count). The van der Waals surface area contributed by atoms with E-state index in [1.54, 1.807) is 18.7 Å². The topological polar surface area (TPSA) is 114 Å². The first-order valence-corrected chi connectivity index (χ1v) is 13.0. The summed E-state index contributed by atoms with van der Waals surface area (Å²) in [5, 5.41) is 15.0. The molecule has 1 aliphatic heterocycles. The van der Waals surface area contributed by atoms with Crippen molar-refractivity contribution in [3.63, 3.8) is 0 Å². The van der Waals surface area contributed by atoms with Gasteiger partial charge in [-0.2, -0.15) is 11.8 Å². The first-order valence-electron chi connectivity index (χ1n) is 11.6. The molecule has 1 heterocycles. The van der Waals surface area contributed by atoms with Gasteiger partial charge in [-0.1, -0.05) is 48.5 Å². The van der Waals surface area contributed by atoms with Crippen LogP contribution in [-0.2, 0) is 19.1 Å². The molecule has 1 fully saturated rings. The van der Waals surface area contributed by atoms with E-state index >= 15 is 0 Å². The second-order valence-corrected chi connectivity index (χ2v) is 10.1. The van der Waals surface area contributed by atoms with Gasteiger partial charge in [-0.05, 0) is 47.6 Å². The van der Waals surface area contributed by atoms with Crippen LogP contribution in [0.15, 0.2) is 48.5 Å². The minimum absolute atomic E-state index is 0.0164. The molecule has 2 aromatic carbocycles. The monoisotopic (exact) mass is 498 g/mol. The summed E-state index contributed by atoms with van der Waals surface area (Å²) in [5.74, 6) is -0.932. The predicted octanol–water partition coefficient (Wildman–Crippen LogP) is 3.25. The number of hydrogen-bond acceptors (Lipinski definition) is 6. The van der Waals surface area contributed by atoms with Crippen LogP contribution in [0.25, 0.3) is 11.1 Å². The van der Waals surface area contributed by atoms with E-state index in [4.69, 9.17) is 9.47 Å². The molecule has 0 radical (unpaired) electrons. The van der Waals surface area contributed by atoms with Gasteiger partial charge in [0, 0.05) is 5.92 Å². The van der Waals surface area contributed by atoms with Gasteiger partial charge in [-0.15, -0.1) is 0 Å². The number of nitrogens with one attached hydrogen (secondary N) is 2. The van der Waals surface area contributed by atoms with Crippen LogP contribution in [0, 0.1) is 5.41 Å². The molecule has 2 amide bonds. The Morgan fingerprint density at radius 2 is 1.77 bits per heavy atom. The van der Waals surface area contributed by atoms with Crippen LogP contribution >= 0.6 is 11.8 Å². The van der Waals surface area contributed by atoms with Gasteiger partial charge >= 0.3 is 12.1 Å². The number of hydrogen-bond donors (Lipinski definition) is 3. The fourth-order valence-electron chi connectivity index (χ4n) is 4.64. The highest BCUT2D eigenvalue weighted by molar-refractivity contribution is 7.98. The van der Waals surface area contributed by atoms with Gasteiger partial charge in [0.1, 0.15) is 18.1 Å². The zero-order valence-electron chi connectivity index (χ0n) is 19.8. The molecular formula is C26H30N2O6S. The maximum Gasteiger partial charge on any atom is 0.407 e. The minimum Gasteiger partial charge on any atom is -0.481 e. The molecule has 2 aromatic rings. The smallest absolute Gasteiger partial charge is 0.407 e. The van der Waals surface area contributed by atoms with Gasteiger partial charge in [0.05, 0.1) is 19.3 Å². The van der Waals surface area contributed by atoms with Crippen molar-refractivity contribution in [1.82, 2.24) is 10.6 Å². The third kappa shape index (κ3) is 5.16. The summed E-state index contributed by atoms with van der Waals surface area (Å²) >= 11 is 1.55. The van der Waals surface area contributed by atoms with E-state index in [1.807, 2.05) is 42.7 Å². The summed E-state index contributed by atoms with van der Waals surface area (Å²) in [7, 11) is 0. The first-order chi connectivity index (χ1) is 16.8. The number of carbonyl (C=O) groups is 3. The number of carbonyl (C=O) groups excluding carboxylic acids is 2. The first kappa shape index (κ1) is 25.1. The number of carboxylic acids is 1. The molecule has 35 heavy (non-hydrogen) atoms. The van der Waals surface area contributed by atoms with Crippen molar-refractivity contribution in [1.29, 1.82) is 0 Å². The van der Waals surface area contributed by atoms with Crippen LogP contribution in [0.4, 0.5) is 4.79 Å². The average Bonchev–Trinajstić information content (AvgIpc) is 3.39. The molecule has 0 saturated carbocycles. The summed E-state index contributed by atoms with van der Waals surface area (Å²) in [6.07, 6.45) is 1.61. The lowest BCUT2D eigenvalue weighted by molar-refractivity contribution is -0.149. The third-order valence-electron chi connectivity index (χ3n) is 6.82. The van der Waals surface area contributed by atoms with Crippen molar-refractivity contribution in [2.45, 2.75) is 31.3 Å². The van der Waals surface area contributed by atoms with Crippen LogP contribution in [-0.4, -0.2) is 67.0 Å². The van der Waals surface area contributed by atoms with Gasteiger partial charge in [-0.3, -0.25) is 9.59 Å². The van der Waals surface area contributed by atoms with Crippen LogP contribution in [0.2, 0.25) is 0 Å². The Morgan fingerprint density at radius 3 is 2.37 bits per heavy atom. The molecule has 3 unspecified atom stereocenters. The van der Waals surface area contributed by atoms with Crippen LogP contribution in [0.3, 0.4) is 0 Å². The van der Waals surface area contributed by atoms with Crippen molar-refractivity contribution in [2.24, 2.45) is 5.41 Å². The lowest BCUT2D eigenvalue weighted by atomic mass is 9.85. The van der Waals surface area contributed by atoms with Crippen molar-refractivity contribution in [2.75, 3.05) is 31.8 Å². The molecule has 2 aliphatic rings. The highest BCUT2D eigenvalue weighted by atomic mass is 32.2. The summed E-state index contributed by atoms with van der Waals surface area (Å²) in [6, 6.07) is 14.6. The maximum atomic E-state index is 13.0. The molecule has 3 atom stereocenters. The Hall–Kier alpha value is -3.04. The highest BCUT2D eigenvalue weighted by Crippen LogP contribution is 2.44. The minimum atomic E-state index is -1.22. The van der Waals surface area contributed by atoms with Gasteiger partial charge in [0.25, 0.3) is 0 Å². The number of amides is 2. The fourth-order valence-corrected chi connectivity index (χ4v) is 5.12. The second kappa shape index (κ2) is 10.7. The Kier molecular flexibility index (Phi) is 7.66. The quantitative estimate of drug-likeness (QED) is 0.486. The Balaban J connectivity index is 1.40. The van der Waals surface area contributed by atoms with E-state index in [0.29, 0.717) is 12.2 Å².